The number of hydrogen-bond donors (Lipinski definition) is 1. The molecular weight excluding hydrogens is 228 g/mol. The minimum Gasteiger partial charge on any atom is -0.390 e. The van der Waals surface area contributed by atoms with Crippen LogP contribution in [-0.2, 0) is 16.5 Å². The average molecular weight is 242 g/mol. The maximum Gasteiger partial charge on any atom is 0.306 e. The molecule has 0 spiro atoms. The van der Waals surface area contributed by atoms with E-state index in [4.69, 9.17) is 4.18 Å². The van der Waals surface area contributed by atoms with Crippen LogP contribution in [0.25, 0.3) is 0 Å². The van der Waals surface area contributed by atoms with Crippen LogP contribution < -0.4 is 4.18 Å². The Labute approximate surface area is 95.0 Å². The van der Waals surface area contributed by atoms with Gasteiger partial charge in [0.1, 0.15) is 5.75 Å². The van der Waals surface area contributed by atoms with Crippen LogP contribution in [0.3, 0.4) is 0 Å². The van der Waals surface area contributed by atoms with Crippen molar-refractivity contribution in [1.82, 2.24) is 0 Å². The Morgan fingerprint density at radius 2 is 1.88 bits per heavy atom. The van der Waals surface area contributed by atoms with E-state index in [0.717, 1.165) is 24.7 Å². The summed E-state index contributed by atoms with van der Waals surface area (Å²) in [5.74, 6) is 0.300. The molecule has 0 radical (unpaired) electrons. The van der Waals surface area contributed by atoms with Crippen LogP contribution in [0.2, 0.25) is 0 Å². The number of aliphatic hydroxyl groups is 1. The number of hydrogen-bond acceptors (Lipinski definition) is 4. The minimum atomic E-state index is -3.46. The molecule has 0 saturated heterocycles. The summed E-state index contributed by atoms with van der Waals surface area (Å²) in [5, 5.41) is 9.71. The van der Waals surface area contributed by atoms with Crippen LogP contribution in [0.4, 0.5) is 0 Å². The van der Waals surface area contributed by atoms with Crippen LogP contribution in [0, 0.1) is 0 Å². The van der Waals surface area contributed by atoms with Crippen molar-refractivity contribution in [2.75, 3.05) is 6.26 Å². The van der Waals surface area contributed by atoms with Gasteiger partial charge in [0.15, 0.2) is 0 Å². The van der Waals surface area contributed by atoms with Crippen LogP contribution in [0.5, 0.6) is 5.75 Å². The van der Waals surface area contributed by atoms with Crippen molar-refractivity contribution in [3.05, 3.63) is 29.8 Å². The molecule has 0 unspecified atom stereocenters. The maximum atomic E-state index is 10.9. The smallest absolute Gasteiger partial charge is 0.306 e. The Hall–Kier alpha value is -1.07. The first-order chi connectivity index (χ1) is 7.36. The lowest BCUT2D eigenvalue weighted by atomic mass is 10.1. The monoisotopic (exact) mass is 242 g/mol. The Morgan fingerprint density at radius 1 is 1.31 bits per heavy atom. The highest BCUT2D eigenvalue weighted by Crippen LogP contribution is 2.38. The van der Waals surface area contributed by atoms with Crippen molar-refractivity contribution in [2.45, 2.75) is 24.9 Å². The van der Waals surface area contributed by atoms with E-state index in [9.17, 15) is 13.5 Å². The van der Waals surface area contributed by atoms with Gasteiger partial charge in [0.25, 0.3) is 0 Å². The van der Waals surface area contributed by atoms with Crippen molar-refractivity contribution >= 4 is 10.1 Å². The molecule has 0 aromatic heterocycles. The van der Waals surface area contributed by atoms with E-state index in [1.54, 1.807) is 24.3 Å². The van der Waals surface area contributed by atoms with E-state index >= 15 is 0 Å². The highest BCUT2D eigenvalue weighted by Gasteiger charge is 2.39. The van der Waals surface area contributed by atoms with Crippen molar-refractivity contribution in [3.63, 3.8) is 0 Å². The van der Waals surface area contributed by atoms with Crippen molar-refractivity contribution in [1.29, 1.82) is 0 Å². The van der Waals surface area contributed by atoms with Gasteiger partial charge >= 0.3 is 10.1 Å². The van der Waals surface area contributed by atoms with Gasteiger partial charge in [0.2, 0.25) is 0 Å². The van der Waals surface area contributed by atoms with E-state index in [1.165, 1.54) is 0 Å². The Morgan fingerprint density at radius 3 is 2.31 bits per heavy atom. The van der Waals surface area contributed by atoms with Gasteiger partial charge in [0.05, 0.1) is 11.9 Å². The summed E-state index contributed by atoms with van der Waals surface area (Å²) in [7, 11) is -3.46. The molecule has 4 nitrogen and oxygen atoms in total. The molecule has 16 heavy (non-hydrogen) atoms. The summed E-state index contributed by atoms with van der Waals surface area (Å²) in [6.45, 7) is 0. The maximum absolute atomic E-state index is 10.9. The van der Waals surface area contributed by atoms with Crippen LogP contribution >= 0.6 is 0 Å². The van der Waals surface area contributed by atoms with Crippen molar-refractivity contribution in [2.24, 2.45) is 0 Å². The topological polar surface area (TPSA) is 63.6 Å². The standard InChI is InChI=1S/C11H14O4S/c1-16(13,14)15-10-4-2-9(3-5-10)8-11(12)6-7-11/h2-5,12H,6-8H2,1H3. The third-order valence-corrected chi connectivity index (χ3v) is 3.03. The van der Waals surface area contributed by atoms with Crippen LogP contribution in [0.1, 0.15) is 18.4 Å². The zero-order chi connectivity index (χ0) is 11.8. The van der Waals surface area contributed by atoms with Crippen LogP contribution in [-0.4, -0.2) is 25.4 Å². The molecule has 1 aliphatic rings. The Kier molecular flexibility index (Phi) is 2.67. The van der Waals surface area contributed by atoms with Gasteiger partial charge in [-0.05, 0) is 30.5 Å². The lowest BCUT2D eigenvalue weighted by Crippen LogP contribution is -2.10. The van der Waals surface area contributed by atoms with Crippen LogP contribution in [0.15, 0.2) is 24.3 Å². The summed E-state index contributed by atoms with van der Waals surface area (Å²) < 4.78 is 26.4. The largest absolute Gasteiger partial charge is 0.390 e. The second-order valence-electron chi connectivity index (χ2n) is 4.33. The van der Waals surface area contributed by atoms with Gasteiger partial charge in [-0.2, -0.15) is 8.42 Å². The molecule has 0 amide bonds. The molecule has 2 rings (SSSR count). The van der Waals surface area contributed by atoms with Crippen molar-refractivity contribution in [3.8, 4) is 5.75 Å². The van der Waals surface area contributed by atoms with Gasteiger partial charge in [-0.25, -0.2) is 0 Å². The lowest BCUT2D eigenvalue weighted by Gasteiger charge is -2.08. The molecule has 1 aromatic rings. The summed E-state index contributed by atoms with van der Waals surface area (Å²) in [6.07, 6.45) is 3.31. The van der Waals surface area contributed by atoms with Gasteiger partial charge in [-0.1, -0.05) is 12.1 Å². The van der Waals surface area contributed by atoms with E-state index < -0.39 is 15.7 Å². The fraction of sp³-hybridized carbons (Fsp3) is 0.455. The van der Waals surface area contributed by atoms with Gasteiger partial charge in [-0.3, -0.25) is 0 Å². The number of rotatable bonds is 4. The number of benzene rings is 1. The molecule has 1 aromatic carbocycles. The Balaban J connectivity index is 2.04. The predicted octanol–water partition coefficient (Wildman–Crippen LogP) is 1.09. The molecule has 0 bridgehead atoms. The summed E-state index contributed by atoms with van der Waals surface area (Å²) in [6, 6.07) is 6.75. The third kappa shape index (κ3) is 3.21. The van der Waals surface area contributed by atoms with Gasteiger partial charge in [0, 0.05) is 6.42 Å². The molecule has 5 heteroatoms. The SMILES string of the molecule is CS(=O)(=O)Oc1ccc(CC2(O)CC2)cc1. The van der Waals surface area contributed by atoms with E-state index in [2.05, 4.69) is 0 Å². The molecule has 1 aliphatic carbocycles. The predicted molar refractivity (Wildman–Crippen MR) is 59.8 cm³/mol. The third-order valence-electron chi connectivity index (χ3n) is 2.53. The molecular formula is C11H14O4S. The first-order valence-corrected chi connectivity index (χ1v) is 6.89. The van der Waals surface area contributed by atoms with E-state index in [0.29, 0.717) is 12.2 Å². The molecule has 88 valence electrons. The molecule has 1 fully saturated rings. The first-order valence-electron chi connectivity index (χ1n) is 5.07. The zero-order valence-corrected chi connectivity index (χ0v) is 9.83. The summed E-state index contributed by atoms with van der Waals surface area (Å²) >= 11 is 0. The molecule has 1 N–H and O–H groups in total. The lowest BCUT2D eigenvalue weighted by molar-refractivity contribution is 0.151. The minimum absolute atomic E-state index is 0.300. The van der Waals surface area contributed by atoms with E-state index in [-0.39, 0.29) is 0 Å². The second-order valence-corrected chi connectivity index (χ2v) is 5.91. The fourth-order valence-corrected chi connectivity index (χ4v) is 2.00. The highest BCUT2D eigenvalue weighted by molar-refractivity contribution is 7.86. The molecule has 0 aliphatic heterocycles. The Bertz CT molecular complexity index is 471. The normalized spacial score (nSPS) is 18.1. The molecule has 0 heterocycles. The first kappa shape index (κ1) is 11.4. The van der Waals surface area contributed by atoms with E-state index in [1.807, 2.05) is 0 Å². The zero-order valence-electron chi connectivity index (χ0n) is 9.01. The highest BCUT2D eigenvalue weighted by atomic mass is 32.2. The summed E-state index contributed by atoms with van der Waals surface area (Å²) in [5.41, 5.74) is 0.458. The quantitative estimate of drug-likeness (QED) is 0.803. The molecule has 0 atom stereocenters. The fourth-order valence-electron chi connectivity index (χ4n) is 1.54. The second kappa shape index (κ2) is 3.75. The molecule has 1 saturated carbocycles. The van der Waals surface area contributed by atoms with Gasteiger partial charge < -0.3 is 9.29 Å². The van der Waals surface area contributed by atoms with Gasteiger partial charge in [-0.15, -0.1) is 0 Å². The average Bonchev–Trinajstić information content (AvgIpc) is 2.85. The summed E-state index contributed by atoms with van der Waals surface area (Å²) in [4.78, 5) is 0. The van der Waals surface area contributed by atoms with Crippen molar-refractivity contribution < 1.29 is 17.7 Å².